The van der Waals surface area contributed by atoms with Crippen molar-refractivity contribution in [3.63, 3.8) is 0 Å². The van der Waals surface area contributed by atoms with Crippen molar-refractivity contribution < 1.29 is 9.66 Å². The fourth-order valence-corrected chi connectivity index (χ4v) is 1.72. The second-order valence-electron chi connectivity index (χ2n) is 5.24. The van der Waals surface area contributed by atoms with Gasteiger partial charge in [0, 0.05) is 25.3 Å². The van der Waals surface area contributed by atoms with Crippen LogP contribution >= 0.6 is 0 Å². The normalized spacial score (nSPS) is 13.3. The van der Waals surface area contributed by atoms with Crippen LogP contribution in [0.4, 0.5) is 5.69 Å². The summed E-state index contributed by atoms with van der Waals surface area (Å²) in [4.78, 5) is 10.4. The van der Waals surface area contributed by atoms with Gasteiger partial charge in [-0.2, -0.15) is 0 Å². The number of hydrogen-bond acceptors (Lipinski definition) is 4. The smallest absolute Gasteiger partial charge is 0.269 e. The van der Waals surface area contributed by atoms with E-state index in [0.717, 1.165) is 18.5 Å². The molecule has 0 amide bonds. The fraction of sp³-hybridized carbons (Fsp3) is 0.571. The summed E-state index contributed by atoms with van der Waals surface area (Å²) < 4.78 is 5.35. The van der Waals surface area contributed by atoms with Gasteiger partial charge in [-0.05, 0) is 39.3 Å². The Morgan fingerprint density at radius 2 is 2.16 bits per heavy atom. The van der Waals surface area contributed by atoms with Gasteiger partial charge >= 0.3 is 0 Å². The molecule has 1 aromatic carbocycles. The summed E-state index contributed by atoms with van der Waals surface area (Å²) in [6.07, 6.45) is 0.878. The maximum atomic E-state index is 10.7. The van der Waals surface area contributed by atoms with E-state index in [4.69, 9.17) is 4.74 Å². The van der Waals surface area contributed by atoms with Crippen molar-refractivity contribution in [3.05, 3.63) is 39.9 Å². The van der Waals surface area contributed by atoms with Crippen LogP contribution in [-0.2, 0) is 4.74 Å². The standard InChI is InChI=1S/C14H22N2O3/c1-11(15-9-8-14(2,3)19-4)12-6-5-7-13(10-12)16(17)18/h5-7,10-11,15H,8-9H2,1-4H3. The van der Waals surface area contributed by atoms with Crippen LogP contribution in [0.5, 0.6) is 0 Å². The van der Waals surface area contributed by atoms with E-state index in [2.05, 4.69) is 5.32 Å². The number of nitrogens with zero attached hydrogens (tertiary/aromatic N) is 1. The first-order chi connectivity index (χ1) is 8.85. The topological polar surface area (TPSA) is 64.4 Å². The lowest BCUT2D eigenvalue weighted by molar-refractivity contribution is -0.384. The molecule has 0 fully saturated rings. The number of nitro groups is 1. The molecule has 0 aliphatic carbocycles. The minimum atomic E-state index is -0.371. The molecule has 1 rings (SSSR count). The molecule has 1 N–H and O–H groups in total. The van der Waals surface area contributed by atoms with Gasteiger partial charge in [-0.15, -0.1) is 0 Å². The van der Waals surface area contributed by atoms with Crippen molar-refractivity contribution in [2.45, 2.75) is 38.8 Å². The summed E-state index contributed by atoms with van der Waals surface area (Å²) in [5, 5.41) is 14.1. The summed E-state index contributed by atoms with van der Waals surface area (Å²) in [7, 11) is 1.70. The van der Waals surface area contributed by atoms with Crippen molar-refractivity contribution in [1.29, 1.82) is 0 Å². The first-order valence-electron chi connectivity index (χ1n) is 6.38. The highest BCUT2D eigenvalue weighted by Gasteiger charge is 2.16. The number of nitro benzene ring substituents is 1. The number of benzene rings is 1. The van der Waals surface area contributed by atoms with Crippen LogP contribution < -0.4 is 5.32 Å². The second-order valence-corrected chi connectivity index (χ2v) is 5.24. The van der Waals surface area contributed by atoms with Crippen LogP contribution in [0.2, 0.25) is 0 Å². The molecule has 5 nitrogen and oxygen atoms in total. The van der Waals surface area contributed by atoms with Crippen molar-refractivity contribution in [2.75, 3.05) is 13.7 Å². The molecule has 5 heteroatoms. The zero-order valence-electron chi connectivity index (χ0n) is 12.0. The number of nitrogens with one attached hydrogen (secondary N) is 1. The lowest BCUT2D eigenvalue weighted by Crippen LogP contribution is -2.30. The van der Waals surface area contributed by atoms with E-state index in [0.29, 0.717) is 0 Å². The Hall–Kier alpha value is -1.46. The molecule has 0 bridgehead atoms. The SMILES string of the molecule is COC(C)(C)CCNC(C)c1cccc([N+](=O)[O-])c1. The number of rotatable bonds is 7. The van der Waals surface area contributed by atoms with E-state index in [1.165, 1.54) is 6.07 Å². The Kier molecular flexibility index (Phi) is 5.44. The highest BCUT2D eigenvalue weighted by atomic mass is 16.6. The number of non-ortho nitro benzene ring substituents is 1. The fourth-order valence-electron chi connectivity index (χ4n) is 1.72. The summed E-state index contributed by atoms with van der Waals surface area (Å²) in [6, 6.07) is 6.80. The van der Waals surface area contributed by atoms with Crippen molar-refractivity contribution in [2.24, 2.45) is 0 Å². The minimum Gasteiger partial charge on any atom is -0.379 e. The molecular weight excluding hydrogens is 244 g/mol. The quantitative estimate of drug-likeness (QED) is 0.608. The van der Waals surface area contributed by atoms with Crippen LogP contribution in [-0.4, -0.2) is 24.2 Å². The van der Waals surface area contributed by atoms with Gasteiger partial charge in [0.1, 0.15) is 0 Å². The molecule has 1 unspecified atom stereocenters. The van der Waals surface area contributed by atoms with Crippen LogP contribution in [0.1, 0.15) is 38.8 Å². The van der Waals surface area contributed by atoms with Gasteiger partial charge in [-0.1, -0.05) is 12.1 Å². The van der Waals surface area contributed by atoms with Gasteiger partial charge in [0.05, 0.1) is 10.5 Å². The van der Waals surface area contributed by atoms with E-state index in [1.54, 1.807) is 19.2 Å². The maximum Gasteiger partial charge on any atom is 0.269 e. The molecule has 0 saturated heterocycles. The third-order valence-corrected chi connectivity index (χ3v) is 3.31. The predicted molar refractivity (Wildman–Crippen MR) is 75.2 cm³/mol. The molecule has 0 spiro atoms. The maximum absolute atomic E-state index is 10.7. The lowest BCUT2D eigenvalue weighted by Gasteiger charge is -2.24. The Labute approximate surface area is 114 Å². The Balaban J connectivity index is 2.56. The third-order valence-electron chi connectivity index (χ3n) is 3.31. The molecular formula is C14H22N2O3. The second kappa shape index (κ2) is 6.63. The monoisotopic (exact) mass is 266 g/mol. The number of methoxy groups -OCH3 is 1. The summed E-state index contributed by atoms with van der Waals surface area (Å²) in [5.41, 5.74) is 0.892. The molecule has 0 aliphatic heterocycles. The minimum absolute atomic E-state index is 0.0764. The Morgan fingerprint density at radius 3 is 2.74 bits per heavy atom. The number of hydrogen-bond donors (Lipinski definition) is 1. The molecule has 19 heavy (non-hydrogen) atoms. The van der Waals surface area contributed by atoms with E-state index < -0.39 is 0 Å². The molecule has 0 aromatic heterocycles. The molecule has 0 heterocycles. The Bertz CT molecular complexity index is 432. The van der Waals surface area contributed by atoms with E-state index in [9.17, 15) is 10.1 Å². The van der Waals surface area contributed by atoms with Crippen molar-refractivity contribution >= 4 is 5.69 Å². The molecule has 0 saturated carbocycles. The van der Waals surface area contributed by atoms with Crippen LogP contribution in [0, 0.1) is 10.1 Å². The highest BCUT2D eigenvalue weighted by molar-refractivity contribution is 5.35. The summed E-state index contributed by atoms with van der Waals surface area (Å²) in [6.45, 7) is 6.86. The van der Waals surface area contributed by atoms with Crippen LogP contribution in [0.25, 0.3) is 0 Å². The summed E-state index contributed by atoms with van der Waals surface area (Å²) in [5.74, 6) is 0. The van der Waals surface area contributed by atoms with Crippen molar-refractivity contribution in [3.8, 4) is 0 Å². The zero-order chi connectivity index (χ0) is 14.5. The molecule has 1 aromatic rings. The van der Waals surface area contributed by atoms with Gasteiger partial charge in [0.25, 0.3) is 5.69 Å². The van der Waals surface area contributed by atoms with Gasteiger partial charge in [-0.25, -0.2) is 0 Å². The average molecular weight is 266 g/mol. The zero-order valence-corrected chi connectivity index (χ0v) is 12.0. The van der Waals surface area contributed by atoms with E-state index in [1.807, 2.05) is 26.8 Å². The van der Waals surface area contributed by atoms with Crippen LogP contribution in [0.3, 0.4) is 0 Å². The highest BCUT2D eigenvalue weighted by Crippen LogP contribution is 2.19. The first-order valence-corrected chi connectivity index (χ1v) is 6.38. The lowest BCUT2D eigenvalue weighted by atomic mass is 10.0. The predicted octanol–water partition coefficient (Wildman–Crippen LogP) is 3.06. The van der Waals surface area contributed by atoms with Gasteiger partial charge in [0.15, 0.2) is 0 Å². The van der Waals surface area contributed by atoms with E-state index >= 15 is 0 Å². The molecule has 106 valence electrons. The van der Waals surface area contributed by atoms with Crippen molar-refractivity contribution in [1.82, 2.24) is 5.32 Å². The summed E-state index contributed by atoms with van der Waals surface area (Å²) >= 11 is 0. The third kappa shape index (κ3) is 4.96. The van der Waals surface area contributed by atoms with Crippen LogP contribution in [0.15, 0.2) is 24.3 Å². The van der Waals surface area contributed by atoms with Gasteiger partial charge in [-0.3, -0.25) is 10.1 Å². The van der Waals surface area contributed by atoms with Gasteiger partial charge < -0.3 is 10.1 Å². The average Bonchev–Trinajstić information content (AvgIpc) is 2.38. The molecule has 0 aliphatic rings. The Morgan fingerprint density at radius 1 is 1.47 bits per heavy atom. The van der Waals surface area contributed by atoms with E-state index in [-0.39, 0.29) is 22.3 Å². The number of ether oxygens (including phenoxy) is 1. The largest absolute Gasteiger partial charge is 0.379 e. The molecule has 0 radical (unpaired) electrons. The first kappa shape index (κ1) is 15.6. The van der Waals surface area contributed by atoms with Gasteiger partial charge in [0.2, 0.25) is 0 Å². The molecule has 1 atom stereocenters.